The maximum absolute atomic E-state index is 7.82. The zero-order valence-corrected chi connectivity index (χ0v) is 3.83. The number of nitrogens with one attached hydrogen (secondary N) is 1. The van der Waals surface area contributed by atoms with E-state index in [1.54, 1.807) is 0 Å². The van der Waals surface area contributed by atoms with Gasteiger partial charge in [-0.15, -0.1) is 0 Å². The van der Waals surface area contributed by atoms with E-state index >= 15 is 0 Å². The summed E-state index contributed by atoms with van der Waals surface area (Å²) >= 11 is 0. The smallest absolute Gasteiger partial charge is 0.0873 e. The highest BCUT2D eigenvalue weighted by Crippen LogP contribution is 2.01. The van der Waals surface area contributed by atoms with Crippen LogP contribution in [0.15, 0.2) is 5.11 Å². The molecule has 0 aliphatic carbocycles. The third kappa shape index (κ3) is 0.824. The Morgan fingerprint density at radius 1 is 1.86 bits per heavy atom. The molecule has 0 radical (unpaired) electrons. The molecule has 0 aromatic carbocycles. The fourth-order valence-electron chi connectivity index (χ4n) is 0.434. The molecule has 0 aromatic rings. The van der Waals surface area contributed by atoms with Gasteiger partial charge in [-0.25, -0.2) is 0 Å². The highest BCUT2D eigenvalue weighted by atomic mass is 15.3. The van der Waals surface area contributed by atoms with Crippen molar-refractivity contribution in [3.63, 3.8) is 0 Å². The number of azide groups is 1. The largest absolute Gasteiger partial charge is 0.309 e. The molecule has 1 unspecified atom stereocenters. The molecule has 7 heavy (non-hydrogen) atoms. The van der Waals surface area contributed by atoms with Crippen LogP contribution in [-0.2, 0) is 0 Å². The van der Waals surface area contributed by atoms with Crippen molar-refractivity contribution < 1.29 is 0 Å². The molecule has 1 heterocycles. The van der Waals surface area contributed by atoms with Gasteiger partial charge in [-0.2, -0.15) is 0 Å². The molecule has 1 atom stereocenters. The highest BCUT2D eigenvalue weighted by Gasteiger charge is 2.12. The van der Waals surface area contributed by atoms with Crippen LogP contribution in [0.5, 0.6) is 0 Å². The van der Waals surface area contributed by atoms with Gasteiger partial charge in [-0.1, -0.05) is 5.11 Å². The van der Waals surface area contributed by atoms with Crippen molar-refractivity contribution in [1.82, 2.24) is 5.32 Å². The van der Waals surface area contributed by atoms with Gasteiger partial charge in [0.1, 0.15) is 0 Å². The normalized spacial score (nSPS) is 27.7. The van der Waals surface area contributed by atoms with Crippen LogP contribution >= 0.6 is 0 Å². The summed E-state index contributed by atoms with van der Waals surface area (Å²) in [6.07, 6.45) is 1.08. The van der Waals surface area contributed by atoms with Gasteiger partial charge >= 0.3 is 0 Å². The van der Waals surface area contributed by atoms with Gasteiger partial charge in [0.15, 0.2) is 0 Å². The van der Waals surface area contributed by atoms with E-state index in [4.69, 9.17) is 5.53 Å². The summed E-state index contributed by atoms with van der Waals surface area (Å²) in [6, 6.07) is 0. The van der Waals surface area contributed by atoms with Crippen molar-refractivity contribution in [2.45, 2.75) is 12.6 Å². The van der Waals surface area contributed by atoms with E-state index in [1.165, 1.54) is 0 Å². The summed E-state index contributed by atoms with van der Waals surface area (Å²) in [5.74, 6) is 0. The molecule has 38 valence electrons. The maximum Gasteiger partial charge on any atom is 0.0873 e. The van der Waals surface area contributed by atoms with Crippen molar-refractivity contribution in [3.05, 3.63) is 10.4 Å². The number of hydrogen-bond donors (Lipinski definition) is 1. The molecule has 0 aromatic heterocycles. The van der Waals surface area contributed by atoms with Gasteiger partial charge in [0.2, 0.25) is 0 Å². The number of nitrogens with zero attached hydrogens (tertiary/aromatic N) is 3. The Hall–Kier alpha value is -0.730. The molecule has 4 heteroatoms. The van der Waals surface area contributed by atoms with E-state index in [0.717, 1.165) is 13.0 Å². The fourth-order valence-corrected chi connectivity index (χ4v) is 0.434. The molecular formula is C3H6N4. The SMILES string of the molecule is [N-]=[N+]=NC1CCN1. The van der Waals surface area contributed by atoms with E-state index in [2.05, 4.69) is 15.3 Å². The predicted octanol–water partition coefficient (Wildman–Crippen LogP) is 0.616. The minimum atomic E-state index is 0.0880. The summed E-state index contributed by atoms with van der Waals surface area (Å²) in [6.45, 7) is 0.990. The van der Waals surface area contributed by atoms with Crippen LogP contribution < -0.4 is 5.32 Å². The minimum absolute atomic E-state index is 0.0880. The summed E-state index contributed by atoms with van der Waals surface area (Å²) < 4.78 is 0. The molecule has 1 fully saturated rings. The van der Waals surface area contributed by atoms with Crippen LogP contribution in [0.1, 0.15) is 6.42 Å². The summed E-state index contributed by atoms with van der Waals surface area (Å²) in [4.78, 5) is 2.62. The molecular weight excluding hydrogens is 92.1 g/mol. The molecule has 1 saturated heterocycles. The van der Waals surface area contributed by atoms with Crippen molar-refractivity contribution in [2.75, 3.05) is 6.54 Å². The number of hydrogen-bond acceptors (Lipinski definition) is 2. The lowest BCUT2D eigenvalue weighted by molar-refractivity contribution is 0.381. The van der Waals surface area contributed by atoms with Gasteiger partial charge in [0, 0.05) is 4.91 Å². The second kappa shape index (κ2) is 1.82. The van der Waals surface area contributed by atoms with Crippen molar-refractivity contribution >= 4 is 0 Å². The Labute approximate surface area is 41.1 Å². The molecule has 0 bridgehead atoms. The molecule has 0 spiro atoms. The quantitative estimate of drug-likeness (QED) is 0.291. The van der Waals surface area contributed by atoms with Crippen LogP contribution in [0.3, 0.4) is 0 Å². The average molecular weight is 98.1 g/mol. The highest BCUT2D eigenvalue weighted by molar-refractivity contribution is 4.74. The third-order valence-electron chi connectivity index (χ3n) is 0.989. The first-order valence-electron chi connectivity index (χ1n) is 2.21. The lowest BCUT2D eigenvalue weighted by Crippen LogP contribution is -2.40. The van der Waals surface area contributed by atoms with Gasteiger partial charge in [-0.05, 0) is 18.5 Å². The molecule has 1 rings (SSSR count). The molecule has 0 saturated carbocycles. The molecule has 1 N–H and O–H groups in total. The van der Waals surface area contributed by atoms with Gasteiger partial charge in [-0.3, -0.25) is 0 Å². The van der Waals surface area contributed by atoms with Crippen LogP contribution in [0.25, 0.3) is 10.4 Å². The summed E-state index contributed by atoms with van der Waals surface area (Å²) in [5.41, 5.74) is 7.82. The average Bonchev–Trinajstić information content (AvgIpc) is 1.55. The van der Waals surface area contributed by atoms with E-state index in [-0.39, 0.29) is 6.17 Å². The van der Waals surface area contributed by atoms with Gasteiger partial charge in [0.25, 0.3) is 0 Å². The Morgan fingerprint density at radius 3 is 2.71 bits per heavy atom. The standard InChI is InChI=1S/C3H6N4/c4-7-6-3-1-2-5-3/h3,5H,1-2H2. The van der Waals surface area contributed by atoms with Crippen LogP contribution in [0.4, 0.5) is 0 Å². The summed E-state index contributed by atoms with van der Waals surface area (Å²) in [5, 5.41) is 6.33. The zero-order valence-electron chi connectivity index (χ0n) is 3.83. The molecule has 1 aliphatic rings. The topological polar surface area (TPSA) is 60.8 Å². The predicted molar refractivity (Wildman–Crippen MR) is 25.6 cm³/mol. The zero-order chi connectivity index (χ0) is 5.11. The monoisotopic (exact) mass is 98.1 g/mol. The van der Waals surface area contributed by atoms with Crippen molar-refractivity contribution in [3.8, 4) is 0 Å². The summed E-state index contributed by atoms with van der Waals surface area (Å²) in [7, 11) is 0. The first-order chi connectivity index (χ1) is 3.43. The van der Waals surface area contributed by atoms with E-state index in [0.29, 0.717) is 0 Å². The van der Waals surface area contributed by atoms with Gasteiger partial charge in [0.05, 0.1) is 6.17 Å². The first kappa shape index (κ1) is 4.43. The first-order valence-corrected chi connectivity index (χ1v) is 2.21. The Kier molecular flexibility index (Phi) is 1.15. The molecule has 1 aliphatic heterocycles. The Bertz CT molecular complexity index is 99.5. The number of rotatable bonds is 1. The second-order valence-electron chi connectivity index (χ2n) is 1.46. The van der Waals surface area contributed by atoms with Crippen LogP contribution in [0, 0.1) is 0 Å². The van der Waals surface area contributed by atoms with E-state index < -0.39 is 0 Å². The Balaban J connectivity index is 2.27. The van der Waals surface area contributed by atoms with Gasteiger partial charge < -0.3 is 5.32 Å². The lowest BCUT2D eigenvalue weighted by Gasteiger charge is -2.21. The van der Waals surface area contributed by atoms with E-state index in [9.17, 15) is 0 Å². The van der Waals surface area contributed by atoms with Crippen LogP contribution in [0.2, 0.25) is 0 Å². The Morgan fingerprint density at radius 2 is 2.57 bits per heavy atom. The van der Waals surface area contributed by atoms with Crippen molar-refractivity contribution in [1.29, 1.82) is 0 Å². The fraction of sp³-hybridized carbons (Fsp3) is 1.00. The lowest BCUT2D eigenvalue weighted by atomic mass is 10.2. The minimum Gasteiger partial charge on any atom is -0.309 e. The maximum atomic E-state index is 7.82. The van der Waals surface area contributed by atoms with Crippen molar-refractivity contribution in [2.24, 2.45) is 5.11 Å². The van der Waals surface area contributed by atoms with E-state index in [1.807, 2.05) is 0 Å². The van der Waals surface area contributed by atoms with Crippen LogP contribution in [-0.4, -0.2) is 12.7 Å². The molecule has 4 nitrogen and oxygen atoms in total. The molecule has 0 amide bonds. The third-order valence-corrected chi connectivity index (χ3v) is 0.989. The second-order valence-corrected chi connectivity index (χ2v) is 1.46.